The molecule has 1 saturated carbocycles. The first-order valence-electron chi connectivity index (χ1n) is 9.94. The number of likely N-dealkylation sites (tertiary alicyclic amines) is 1. The summed E-state index contributed by atoms with van der Waals surface area (Å²) in [5, 5.41) is 17.6. The minimum absolute atomic E-state index is 0.00365. The van der Waals surface area contributed by atoms with E-state index in [1.165, 1.54) is 0 Å². The van der Waals surface area contributed by atoms with Crippen LogP contribution in [0.1, 0.15) is 23.2 Å². The molecule has 1 aromatic heterocycles. The summed E-state index contributed by atoms with van der Waals surface area (Å²) < 4.78 is 10.7. The third-order valence-electron chi connectivity index (χ3n) is 6.15. The summed E-state index contributed by atoms with van der Waals surface area (Å²) in [4.78, 5) is 29.6. The van der Waals surface area contributed by atoms with Gasteiger partial charge in [0, 0.05) is 38.4 Å². The van der Waals surface area contributed by atoms with E-state index in [9.17, 15) is 9.90 Å². The fourth-order valence-electron chi connectivity index (χ4n) is 4.76. The monoisotopic (exact) mass is 407 g/mol. The van der Waals surface area contributed by atoms with Gasteiger partial charge in [-0.15, -0.1) is 0 Å². The topological polar surface area (TPSA) is 112 Å². The zero-order chi connectivity index (χ0) is 20.8. The number of aliphatic hydroxyl groups excluding tert-OH is 1. The van der Waals surface area contributed by atoms with Crippen molar-refractivity contribution in [1.82, 2.24) is 14.8 Å². The summed E-state index contributed by atoms with van der Waals surface area (Å²) in [7, 11) is 1.56. The Balaban J connectivity index is 0.000000755. The lowest BCUT2D eigenvalue weighted by Crippen LogP contribution is -2.53. The van der Waals surface area contributed by atoms with Crippen molar-refractivity contribution in [2.24, 2.45) is 11.8 Å². The molecule has 0 radical (unpaired) electrons. The highest BCUT2D eigenvalue weighted by Crippen LogP contribution is 2.39. The minimum Gasteiger partial charge on any atom is -0.494 e. The van der Waals surface area contributed by atoms with Gasteiger partial charge in [0.2, 0.25) is 0 Å². The van der Waals surface area contributed by atoms with Crippen LogP contribution in [0.4, 0.5) is 0 Å². The molecule has 4 rings (SSSR count). The molecule has 0 bridgehead atoms. The zero-order valence-corrected chi connectivity index (χ0v) is 16.6. The minimum atomic E-state index is -0.320. The van der Waals surface area contributed by atoms with Crippen LogP contribution in [0.5, 0.6) is 5.75 Å². The van der Waals surface area contributed by atoms with Gasteiger partial charge in [-0.1, -0.05) is 0 Å². The number of hydrogen-bond donors (Lipinski definition) is 2. The van der Waals surface area contributed by atoms with E-state index >= 15 is 0 Å². The summed E-state index contributed by atoms with van der Waals surface area (Å²) >= 11 is 0. The lowest BCUT2D eigenvalue weighted by atomic mass is 9.77. The molecule has 3 fully saturated rings. The highest BCUT2D eigenvalue weighted by atomic mass is 16.5. The standard InChI is InChI=1S/C19H27N3O4.CH2O2/c1-25-18-10-20-3-2-15(18)19(24)22-11-13-8-16(17(23)9-14(13)12-22)21-4-6-26-7-5-21;2-1-3/h2-3,10,13-14,16-17,23H,4-9,11-12H2,1H3;1H,(H,2,3)/t13-,14+,16-,17-;/m1./s1. The molecule has 29 heavy (non-hydrogen) atoms. The molecule has 1 amide bonds. The molecule has 0 spiro atoms. The van der Waals surface area contributed by atoms with Crippen LogP contribution in [-0.2, 0) is 9.53 Å². The van der Waals surface area contributed by atoms with Crippen molar-refractivity contribution in [3.63, 3.8) is 0 Å². The van der Waals surface area contributed by atoms with Gasteiger partial charge in [0.25, 0.3) is 12.4 Å². The van der Waals surface area contributed by atoms with E-state index in [4.69, 9.17) is 19.4 Å². The van der Waals surface area contributed by atoms with Crippen molar-refractivity contribution in [1.29, 1.82) is 0 Å². The molecule has 160 valence electrons. The molecule has 3 heterocycles. The number of rotatable bonds is 3. The summed E-state index contributed by atoms with van der Waals surface area (Å²) in [6.45, 7) is 4.46. The maximum atomic E-state index is 13.0. The van der Waals surface area contributed by atoms with Gasteiger partial charge in [0.15, 0.2) is 0 Å². The number of aliphatic hydroxyl groups is 1. The van der Waals surface area contributed by atoms with E-state index < -0.39 is 0 Å². The molecule has 9 heteroatoms. The van der Waals surface area contributed by atoms with Gasteiger partial charge < -0.3 is 24.6 Å². The van der Waals surface area contributed by atoms with Gasteiger partial charge in [0.05, 0.1) is 38.2 Å². The number of methoxy groups -OCH3 is 1. The average Bonchev–Trinajstić information content (AvgIpc) is 3.16. The Hall–Kier alpha value is -2.23. The Bertz CT molecular complexity index is 697. The molecule has 2 saturated heterocycles. The van der Waals surface area contributed by atoms with E-state index in [1.807, 2.05) is 4.90 Å². The Morgan fingerprint density at radius 1 is 1.28 bits per heavy atom. The Morgan fingerprint density at radius 2 is 1.93 bits per heavy atom. The molecular weight excluding hydrogens is 378 g/mol. The molecule has 2 N–H and O–H groups in total. The van der Waals surface area contributed by atoms with Crippen LogP contribution in [0.3, 0.4) is 0 Å². The maximum Gasteiger partial charge on any atom is 0.290 e. The van der Waals surface area contributed by atoms with Gasteiger partial charge in [-0.3, -0.25) is 19.5 Å². The molecular formula is C20H29N3O6. The van der Waals surface area contributed by atoms with E-state index in [2.05, 4.69) is 9.88 Å². The third kappa shape index (κ3) is 4.85. The largest absolute Gasteiger partial charge is 0.494 e. The van der Waals surface area contributed by atoms with E-state index in [0.717, 1.165) is 45.7 Å². The number of fused-ring (bicyclic) bond motifs is 1. The number of aromatic nitrogens is 1. The van der Waals surface area contributed by atoms with Crippen molar-refractivity contribution in [3.8, 4) is 5.75 Å². The van der Waals surface area contributed by atoms with Crippen LogP contribution in [0.25, 0.3) is 0 Å². The molecule has 1 aliphatic carbocycles. The predicted molar refractivity (Wildman–Crippen MR) is 104 cm³/mol. The van der Waals surface area contributed by atoms with Gasteiger partial charge in [-0.2, -0.15) is 0 Å². The van der Waals surface area contributed by atoms with Crippen LogP contribution in [0.15, 0.2) is 18.5 Å². The first kappa shape index (κ1) is 21.5. The summed E-state index contributed by atoms with van der Waals surface area (Å²) in [5.74, 6) is 1.33. The molecule has 1 aromatic rings. The number of ether oxygens (including phenoxy) is 2. The van der Waals surface area contributed by atoms with Gasteiger partial charge in [-0.05, 0) is 30.7 Å². The predicted octanol–water partition coefficient (Wildman–Crippen LogP) is 0.335. The number of nitrogens with zero attached hydrogens (tertiary/aromatic N) is 3. The van der Waals surface area contributed by atoms with Crippen LogP contribution in [0, 0.1) is 11.8 Å². The summed E-state index contributed by atoms with van der Waals surface area (Å²) in [6.07, 6.45) is 4.60. The average molecular weight is 407 g/mol. The Morgan fingerprint density at radius 3 is 2.59 bits per heavy atom. The molecule has 0 aromatic carbocycles. The van der Waals surface area contributed by atoms with Crippen molar-refractivity contribution < 1.29 is 29.3 Å². The number of carbonyl (C=O) groups excluding carboxylic acids is 1. The molecule has 3 aliphatic rings. The first-order chi connectivity index (χ1) is 14.1. The number of pyridine rings is 1. The number of hydrogen-bond acceptors (Lipinski definition) is 7. The molecule has 4 atom stereocenters. The van der Waals surface area contributed by atoms with Crippen molar-refractivity contribution >= 4 is 12.4 Å². The van der Waals surface area contributed by atoms with E-state index in [0.29, 0.717) is 29.7 Å². The first-order valence-corrected chi connectivity index (χ1v) is 9.94. The van der Waals surface area contributed by atoms with Crippen LogP contribution in [-0.4, -0.2) is 96.0 Å². The van der Waals surface area contributed by atoms with Crippen LogP contribution >= 0.6 is 0 Å². The lowest BCUT2D eigenvalue weighted by molar-refractivity contribution is -0.122. The molecule has 9 nitrogen and oxygen atoms in total. The third-order valence-corrected chi connectivity index (χ3v) is 6.15. The Kier molecular flexibility index (Phi) is 7.40. The number of carboxylic acid groups (broad SMARTS) is 1. The SMILES string of the molecule is COc1cnccc1C(=O)N1C[C@H]2C[C@@H](N3CCOCC3)[C@H](O)C[C@H]2C1.O=CO. The highest BCUT2D eigenvalue weighted by Gasteiger charge is 2.45. The van der Waals surface area contributed by atoms with E-state index in [-0.39, 0.29) is 24.5 Å². The smallest absolute Gasteiger partial charge is 0.290 e. The molecule has 0 unspecified atom stereocenters. The summed E-state index contributed by atoms with van der Waals surface area (Å²) in [6, 6.07) is 1.90. The van der Waals surface area contributed by atoms with Gasteiger partial charge in [0.1, 0.15) is 5.75 Å². The van der Waals surface area contributed by atoms with E-state index in [1.54, 1.807) is 25.6 Å². The maximum absolute atomic E-state index is 13.0. The quantitative estimate of drug-likeness (QED) is 0.690. The number of carbonyl (C=O) groups is 2. The summed E-state index contributed by atoms with van der Waals surface area (Å²) in [5.41, 5.74) is 0.562. The second-order valence-electron chi connectivity index (χ2n) is 7.67. The van der Waals surface area contributed by atoms with Crippen LogP contribution in [0.2, 0.25) is 0 Å². The van der Waals surface area contributed by atoms with Gasteiger partial charge >= 0.3 is 0 Å². The number of morpholine rings is 1. The molecule has 2 aliphatic heterocycles. The van der Waals surface area contributed by atoms with Crippen molar-refractivity contribution in [2.75, 3.05) is 46.5 Å². The van der Waals surface area contributed by atoms with Gasteiger partial charge in [-0.25, -0.2) is 0 Å². The Labute approximate surface area is 170 Å². The number of amides is 1. The second kappa shape index (κ2) is 10.00. The van der Waals surface area contributed by atoms with Crippen molar-refractivity contribution in [3.05, 3.63) is 24.0 Å². The van der Waals surface area contributed by atoms with Crippen LogP contribution < -0.4 is 4.74 Å². The zero-order valence-electron chi connectivity index (χ0n) is 16.6. The second-order valence-corrected chi connectivity index (χ2v) is 7.67. The normalized spacial score (nSPS) is 29.4. The van der Waals surface area contributed by atoms with Crippen molar-refractivity contribution in [2.45, 2.75) is 25.0 Å². The fourth-order valence-corrected chi connectivity index (χ4v) is 4.76. The lowest BCUT2D eigenvalue weighted by Gasteiger charge is -2.43. The highest BCUT2D eigenvalue weighted by molar-refractivity contribution is 5.96. The fraction of sp³-hybridized carbons (Fsp3) is 0.650.